The van der Waals surface area contributed by atoms with Gasteiger partial charge in [0, 0.05) is 18.8 Å². The number of methoxy groups -OCH3 is 1. The SMILES string of the molecule is COCC(C)Nc1nc(C)ccc1C(N)=S. The van der Waals surface area contributed by atoms with Crippen molar-refractivity contribution in [3.8, 4) is 0 Å². The molecule has 0 bridgehead atoms. The first-order chi connectivity index (χ1) is 7.54. The standard InChI is InChI=1S/C11H17N3OS/c1-7-4-5-9(10(12)16)11(13-7)14-8(2)6-15-3/h4-5,8H,6H2,1-3H3,(H2,12,16)(H,13,14). The van der Waals surface area contributed by atoms with Gasteiger partial charge in [0.2, 0.25) is 0 Å². The summed E-state index contributed by atoms with van der Waals surface area (Å²) in [5.74, 6) is 0.719. The highest BCUT2D eigenvalue weighted by atomic mass is 32.1. The number of nitrogens with one attached hydrogen (secondary N) is 1. The molecule has 0 amide bonds. The van der Waals surface area contributed by atoms with Gasteiger partial charge in [-0.2, -0.15) is 0 Å². The first-order valence-electron chi connectivity index (χ1n) is 5.07. The molecule has 0 saturated heterocycles. The van der Waals surface area contributed by atoms with Crippen molar-refractivity contribution in [2.45, 2.75) is 19.9 Å². The maximum Gasteiger partial charge on any atom is 0.136 e. The molecule has 1 atom stereocenters. The van der Waals surface area contributed by atoms with Gasteiger partial charge in [-0.25, -0.2) is 4.98 Å². The Kier molecular flexibility index (Phi) is 4.64. The second-order valence-corrected chi connectivity index (χ2v) is 4.15. The molecule has 1 aromatic rings. The van der Waals surface area contributed by atoms with Crippen LogP contribution in [0.3, 0.4) is 0 Å². The molecule has 0 aliphatic carbocycles. The largest absolute Gasteiger partial charge is 0.389 e. The zero-order chi connectivity index (χ0) is 12.1. The molecule has 0 aliphatic heterocycles. The molecule has 0 spiro atoms. The number of thiocarbonyl (C=S) groups is 1. The Labute approximate surface area is 101 Å². The molecule has 88 valence electrons. The number of pyridine rings is 1. The van der Waals surface area contributed by atoms with E-state index in [0.717, 1.165) is 17.1 Å². The van der Waals surface area contributed by atoms with Gasteiger partial charge in [-0.05, 0) is 26.0 Å². The molecule has 1 rings (SSSR count). The number of hydrogen-bond donors (Lipinski definition) is 2. The van der Waals surface area contributed by atoms with Crippen LogP contribution >= 0.6 is 12.2 Å². The minimum Gasteiger partial charge on any atom is -0.389 e. The second-order valence-electron chi connectivity index (χ2n) is 3.71. The summed E-state index contributed by atoms with van der Waals surface area (Å²) in [6, 6.07) is 3.93. The molecule has 0 saturated carbocycles. The maximum absolute atomic E-state index is 5.63. The highest BCUT2D eigenvalue weighted by molar-refractivity contribution is 7.80. The molecule has 3 N–H and O–H groups in total. The maximum atomic E-state index is 5.63. The number of anilines is 1. The van der Waals surface area contributed by atoms with Crippen molar-refractivity contribution in [1.29, 1.82) is 0 Å². The summed E-state index contributed by atoms with van der Waals surface area (Å²) in [5.41, 5.74) is 7.32. The summed E-state index contributed by atoms with van der Waals surface area (Å²) in [6.07, 6.45) is 0. The van der Waals surface area contributed by atoms with Gasteiger partial charge in [-0.3, -0.25) is 0 Å². The third-order valence-electron chi connectivity index (χ3n) is 2.10. The van der Waals surface area contributed by atoms with E-state index in [1.165, 1.54) is 0 Å². The van der Waals surface area contributed by atoms with E-state index < -0.39 is 0 Å². The van der Waals surface area contributed by atoms with Crippen LogP contribution in [0.1, 0.15) is 18.2 Å². The van der Waals surface area contributed by atoms with Crippen LogP contribution in [0.25, 0.3) is 0 Å². The predicted octanol–water partition coefficient (Wildman–Crippen LogP) is 1.47. The van der Waals surface area contributed by atoms with Crippen LogP contribution in [-0.2, 0) is 4.74 Å². The number of hydrogen-bond acceptors (Lipinski definition) is 4. The van der Waals surface area contributed by atoms with E-state index in [0.29, 0.717) is 11.6 Å². The van der Waals surface area contributed by atoms with Crippen molar-refractivity contribution in [3.05, 3.63) is 23.4 Å². The average molecular weight is 239 g/mol. The number of aryl methyl sites for hydroxylation is 1. The third kappa shape index (κ3) is 3.43. The highest BCUT2D eigenvalue weighted by Crippen LogP contribution is 2.14. The second kappa shape index (κ2) is 5.77. The summed E-state index contributed by atoms with van der Waals surface area (Å²) in [5, 5.41) is 3.23. The Morgan fingerprint density at radius 3 is 2.88 bits per heavy atom. The minimum absolute atomic E-state index is 0.160. The minimum atomic E-state index is 0.160. The van der Waals surface area contributed by atoms with Gasteiger partial charge >= 0.3 is 0 Å². The van der Waals surface area contributed by atoms with Crippen LogP contribution in [-0.4, -0.2) is 29.7 Å². The summed E-state index contributed by atoms with van der Waals surface area (Å²) in [4.78, 5) is 4.73. The smallest absolute Gasteiger partial charge is 0.136 e. The van der Waals surface area contributed by atoms with Crippen LogP contribution in [0.4, 0.5) is 5.82 Å². The van der Waals surface area contributed by atoms with Crippen LogP contribution < -0.4 is 11.1 Å². The molecule has 0 radical (unpaired) electrons. The summed E-state index contributed by atoms with van der Waals surface area (Å²) < 4.78 is 5.05. The van der Waals surface area contributed by atoms with Crippen LogP contribution in [0.5, 0.6) is 0 Å². The van der Waals surface area contributed by atoms with E-state index in [1.807, 2.05) is 26.0 Å². The monoisotopic (exact) mass is 239 g/mol. The lowest BCUT2D eigenvalue weighted by molar-refractivity contribution is 0.190. The number of nitrogens with two attached hydrogens (primary N) is 1. The molecule has 0 fully saturated rings. The Balaban J connectivity index is 2.92. The molecule has 0 aliphatic rings. The lowest BCUT2D eigenvalue weighted by atomic mass is 10.2. The molecule has 5 heteroatoms. The lowest BCUT2D eigenvalue weighted by Crippen LogP contribution is -2.24. The van der Waals surface area contributed by atoms with Crippen molar-refractivity contribution >= 4 is 23.0 Å². The number of ether oxygens (including phenoxy) is 1. The van der Waals surface area contributed by atoms with Crippen molar-refractivity contribution < 1.29 is 4.74 Å². The average Bonchev–Trinajstić information content (AvgIpc) is 2.17. The Hall–Kier alpha value is -1.20. The molecule has 1 unspecified atom stereocenters. The van der Waals surface area contributed by atoms with Crippen LogP contribution in [0.15, 0.2) is 12.1 Å². The fourth-order valence-corrected chi connectivity index (χ4v) is 1.56. The quantitative estimate of drug-likeness (QED) is 0.762. The lowest BCUT2D eigenvalue weighted by Gasteiger charge is -2.16. The number of aromatic nitrogens is 1. The van der Waals surface area contributed by atoms with Crippen molar-refractivity contribution in [2.75, 3.05) is 19.0 Å². The van der Waals surface area contributed by atoms with E-state index in [2.05, 4.69) is 10.3 Å². The third-order valence-corrected chi connectivity index (χ3v) is 2.32. The molecular weight excluding hydrogens is 222 g/mol. The van der Waals surface area contributed by atoms with E-state index >= 15 is 0 Å². The zero-order valence-electron chi connectivity index (χ0n) is 9.78. The highest BCUT2D eigenvalue weighted by Gasteiger charge is 2.09. The fourth-order valence-electron chi connectivity index (χ4n) is 1.39. The predicted molar refractivity (Wildman–Crippen MR) is 69.8 cm³/mol. The molecule has 1 heterocycles. The molecule has 16 heavy (non-hydrogen) atoms. The molecule has 1 aromatic heterocycles. The molecular formula is C11H17N3OS. The van der Waals surface area contributed by atoms with E-state index in [1.54, 1.807) is 7.11 Å². The van der Waals surface area contributed by atoms with E-state index in [-0.39, 0.29) is 6.04 Å². The van der Waals surface area contributed by atoms with Gasteiger partial charge in [0.05, 0.1) is 12.2 Å². The van der Waals surface area contributed by atoms with E-state index in [9.17, 15) is 0 Å². The van der Waals surface area contributed by atoms with E-state index in [4.69, 9.17) is 22.7 Å². The Morgan fingerprint density at radius 2 is 2.31 bits per heavy atom. The van der Waals surface area contributed by atoms with Crippen molar-refractivity contribution in [1.82, 2.24) is 4.98 Å². The first-order valence-corrected chi connectivity index (χ1v) is 5.48. The van der Waals surface area contributed by atoms with Gasteiger partial charge in [0.15, 0.2) is 0 Å². The summed E-state index contributed by atoms with van der Waals surface area (Å²) in [7, 11) is 1.66. The van der Waals surface area contributed by atoms with Crippen LogP contribution in [0.2, 0.25) is 0 Å². The number of nitrogens with zero attached hydrogens (tertiary/aromatic N) is 1. The van der Waals surface area contributed by atoms with Gasteiger partial charge in [-0.1, -0.05) is 12.2 Å². The van der Waals surface area contributed by atoms with Gasteiger partial charge in [0.25, 0.3) is 0 Å². The van der Waals surface area contributed by atoms with Gasteiger partial charge in [-0.15, -0.1) is 0 Å². The number of rotatable bonds is 5. The summed E-state index contributed by atoms with van der Waals surface area (Å²) in [6.45, 7) is 4.54. The molecule has 4 nitrogen and oxygen atoms in total. The van der Waals surface area contributed by atoms with Crippen LogP contribution in [0, 0.1) is 6.92 Å². The van der Waals surface area contributed by atoms with Crippen molar-refractivity contribution in [3.63, 3.8) is 0 Å². The fraction of sp³-hybridized carbons (Fsp3) is 0.455. The molecule has 0 aromatic carbocycles. The van der Waals surface area contributed by atoms with Gasteiger partial charge in [0.1, 0.15) is 10.8 Å². The Morgan fingerprint density at radius 1 is 1.62 bits per heavy atom. The Bertz CT molecular complexity index is 381. The first kappa shape index (κ1) is 12.9. The van der Waals surface area contributed by atoms with Gasteiger partial charge < -0.3 is 15.8 Å². The topological polar surface area (TPSA) is 60.2 Å². The summed E-state index contributed by atoms with van der Waals surface area (Å²) >= 11 is 4.98. The van der Waals surface area contributed by atoms with Crippen molar-refractivity contribution in [2.24, 2.45) is 5.73 Å². The zero-order valence-corrected chi connectivity index (χ0v) is 10.6. The normalized spacial score (nSPS) is 12.2.